The number of para-hydroxylation sites is 1. The number of hydrogen-bond donors (Lipinski definition) is 0. The molecule has 0 bridgehead atoms. The fourth-order valence-corrected chi connectivity index (χ4v) is 2.79. The Labute approximate surface area is 134 Å². The van der Waals surface area contributed by atoms with Crippen molar-refractivity contribution in [3.8, 4) is 0 Å². The molecule has 6 nitrogen and oxygen atoms in total. The van der Waals surface area contributed by atoms with Crippen LogP contribution in [0, 0.1) is 19.8 Å². The number of amides is 1. The van der Waals surface area contributed by atoms with E-state index in [9.17, 15) is 9.59 Å². The lowest BCUT2D eigenvalue weighted by Crippen LogP contribution is -2.25. The van der Waals surface area contributed by atoms with Crippen molar-refractivity contribution in [2.45, 2.75) is 20.3 Å². The van der Waals surface area contributed by atoms with Gasteiger partial charge in [0, 0.05) is 24.6 Å². The molecule has 1 aromatic carbocycles. The molecule has 1 aliphatic rings. The number of carbonyl (C=O) groups excluding carboxylic acids is 2. The SMILES string of the molecule is Cc1noc(C)c1C(=O)OC[C@@H]1CC(=O)N(c2ccccc2)C1. The number of benzene rings is 1. The van der Waals surface area contributed by atoms with Gasteiger partial charge >= 0.3 is 5.97 Å². The predicted octanol–water partition coefficient (Wildman–Crippen LogP) is 2.50. The molecule has 0 N–H and O–H groups in total. The fraction of sp³-hybridized carbons (Fsp3) is 0.353. The van der Waals surface area contributed by atoms with Crippen LogP contribution in [-0.2, 0) is 9.53 Å². The summed E-state index contributed by atoms with van der Waals surface area (Å²) >= 11 is 0. The Morgan fingerprint density at radius 1 is 1.35 bits per heavy atom. The van der Waals surface area contributed by atoms with E-state index in [4.69, 9.17) is 9.26 Å². The lowest BCUT2D eigenvalue weighted by atomic mass is 10.1. The Morgan fingerprint density at radius 2 is 2.09 bits per heavy atom. The number of hydrogen-bond acceptors (Lipinski definition) is 5. The molecule has 0 radical (unpaired) electrons. The van der Waals surface area contributed by atoms with E-state index in [1.807, 2.05) is 30.3 Å². The molecular formula is C17H18N2O4. The van der Waals surface area contributed by atoms with Crippen molar-refractivity contribution in [1.29, 1.82) is 0 Å². The van der Waals surface area contributed by atoms with Gasteiger partial charge in [0.1, 0.15) is 11.3 Å². The van der Waals surface area contributed by atoms with Gasteiger partial charge in [0.15, 0.2) is 0 Å². The van der Waals surface area contributed by atoms with Crippen LogP contribution in [-0.4, -0.2) is 30.2 Å². The normalized spacial score (nSPS) is 17.6. The average molecular weight is 314 g/mol. The quantitative estimate of drug-likeness (QED) is 0.811. The van der Waals surface area contributed by atoms with Gasteiger partial charge in [0.25, 0.3) is 0 Å². The zero-order valence-electron chi connectivity index (χ0n) is 13.1. The third kappa shape index (κ3) is 3.11. The first-order chi connectivity index (χ1) is 11.1. The molecule has 6 heteroatoms. The Kier molecular flexibility index (Phi) is 4.14. The summed E-state index contributed by atoms with van der Waals surface area (Å²) in [5.41, 5.74) is 1.76. The van der Waals surface area contributed by atoms with Gasteiger partial charge < -0.3 is 14.2 Å². The molecule has 0 saturated carbocycles. The number of nitrogens with zero attached hydrogens (tertiary/aromatic N) is 2. The van der Waals surface area contributed by atoms with Crippen LogP contribution in [0.1, 0.15) is 28.2 Å². The highest BCUT2D eigenvalue weighted by Gasteiger charge is 2.32. The summed E-state index contributed by atoms with van der Waals surface area (Å²) in [6, 6.07) is 9.50. The van der Waals surface area contributed by atoms with Crippen LogP contribution in [0.15, 0.2) is 34.9 Å². The molecule has 1 amide bonds. The summed E-state index contributed by atoms with van der Waals surface area (Å²) in [5, 5.41) is 3.74. The molecule has 1 atom stereocenters. The van der Waals surface area contributed by atoms with Crippen molar-refractivity contribution >= 4 is 17.6 Å². The molecule has 1 fully saturated rings. The maximum absolute atomic E-state index is 12.1. The summed E-state index contributed by atoms with van der Waals surface area (Å²) in [5.74, 6) is 0.0366. The minimum atomic E-state index is -0.452. The maximum atomic E-state index is 12.1. The van der Waals surface area contributed by atoms with E-state index in [2.05, 4.69) is 5.16 Å². The number of anilines is 1. The number of ether oxygens (including phenoxy) is 1. The molecule has 0 spiro atoms. The molecular weight excluding hydrogens is 296 g/mol. The first kappa shape index (κ1) is 15.3. The topological polar surface area (TPSA) is 72.6 Å². The van der Waals surface area contributed by atoms with Gasteiger partial charge in [-0.1, -0.05) is 23.4 Å². The zero-order chi connectivity index (χ0) is 16.4. The van der Waals surface area contributed by atoms with Gasteiger partial charge in [-0.2, -0.15) is 0 Å². The van der Waals surface area contributed by atoms with E-state index in [0.29, 0.717) is 30.0 Å². The molecule has 1 saturated heterocycles. The largest absolute Gasteiger partial charge is 0.462 e. The molecule has 2 aromatic rings. The van der Waals surface area contributed by atoms with Gasteiger partial charge in [-0.15, -0.1) is 0 Å². The van der Waals surface area contributed by atoms with Crippen LogP contribution in [0.2, 0.25) is 0 Å². The van der Waals surface area contributed by atoms with Crippen LogP contribution in [0.5, 0.6) is 0 Å². The summed E-state index contributed by atoms with van der Waals surface area (Å²) in [6.45, 7) is 4.13. The van der Waals surface area contributed by atoms with Crippen molar-refractivity contribution < 1.29 is 18.8 Å². The van der Waals surface area contributed by atoms with Crippen molar-refractivity contribution in [3.05, 3.63) is 47.3 Å². The molecule has 23 heavy (non-hydrogen) atoms. The number of aromatic nitrogens is 1. The zero-order valence-corrected chi connectivity index (χ0v) is 13.1. The van der Waals surface area contributed by atoms with Crippen molar-refractivity contribution in [1.82, 2.24) is 5.16 Å². The van der Waals surface area contributed by atoms with E-state index in [-0.39, 0.29) is 18.4 Å². The lowest BCUT2D eigenvalue weighted by molar-refractivity contribution is -0.117. The highest BCUT2D eigenvalue weighted by atomic mass is 16.5. The smallest absolute Gasteiger partial charge is 0.343 e. The Morgan fingerprint density at radius 3 is 2.74 bits per heavy atom. The maximum Gasteiger partial charge on any atom is 0.343 e. The van der Waals surface area contributed by atoms with Gasteiger partial charge in [-0.25, -0.2) is 4.79 Å². The fourth-order valence-electron chi connectivity index (χ4n) is 2.79. The number of carbonyl (C=O) groups is 2. The average Bonchev–Trinajstić information content (AvgIpc) is 3.08. The highest BCUT2D eigenvalue weighted by Crippen LogP contribution is 2.25. The summed E-state index contributed by atoms with van der Waals surface area (Å²) in [4.78, 5) is 26.0. The first-order valence-electron chi connectivity index (χ1n) is 7.51. The van der Waals surface area contributed by atoms with Crippen molar-refractivity contribution in [2.75, 3.05) is 18.1 Å². The first-order valence-corrected chi connectivity index (χ1v) is 7.51. The minimum absolute atomic E-state index is 0.00729. The number of aryl methyl sites for hydroxylation is 2. The van der Waals surface area contributed by atoms with Crippen molar-refractivity contribution in [2.24, 2.45) is 5.92 Å². The molecule has 1 aliphatic heterocycles. The van der Waals surface area contributed by atoms with Crippen LogP contribution in [0.25, 0.3) is 0 Å². The summed E-state index contributed by atoms with van der Waals surface area (Å²) < 4.78 is 10.3. The molecule has 120 valence electrons. The van der Waals surface area contributed by atoms with Gasteiger partial charge in [-0.3, -0.25) is 4.79 Å². The lowest BCUT2D eigenvalue weighted by Gasteiger charge is -2.16. The second-order valence-electron chi connectivity index (χ2n) is 5.71. The summed E-state index contributed by atoms with van der Waals surface area (Å²) in [7, 11) is 0. The van der Waals surface area contributed by atoms with E-state index in [1.54, 1.807) is 18.7 Å². The second-order valence-corrected chi connectivity index (χ2v) is 5.71. The Hall–Kier alpha value is -2.63. The minimum Gasteiger partial charge on any atom is -0.462 e. The van der Waals surface area contributed by atoms with Gasteiger partial charge in [-0.05, 0) is 26.0 Å². The van der Waals surface area contributed by atoms with Crippen LogP contribution < -0.4 is 4.90 Å². The van der Waals surface area contributed by atoms with Crippen LogP contribution in [0.3, 0.4) is 0 Å². The molecule has 3 rings (SSSR count). The number of esters is 1. The Balaban J connectivity index is 1.60. The highest BCUT2D eigenvalue weighted by molar-refractivity contribution is 5.96. The monoisotopic (exact) mass is 314 g/mol. The van der Waals surface area contributed by atoms with Crippen molar-refractivity contribution in [3.63, 3.8) is 0 Å². The van der Waals surface area contributed by atoms with E-state index in [1.165, 1.54) is 0 Å². The van der Waals surface area contributed by atoms with Gasteiger partial charge in [0.05, 0.1) is 12.3 Å². The number of rotatable bonds is 4. The Bertz CT molecular complexity index is 704. The summed E-state index contributed by atoms with van der Waals surface area (Å²) in [6.07, 6.45) is 0.379. The van der Waals surface area contributed by atoms with E-state index >= 15 is 0 Å². The van der Waals surface area contributed by atoms with E-state index < -0.39 is 5.97 Å². The third-order valence-electron chi connectivity index (χ3n) is 3.96. The molecule has 0 aliphatic carbocycles. The third-order valence-corrected chi connectivity index (χ3v) is 3.96. The van der Waals surface area contributed by atoms with Crippen LogP contribution >= 0.6 is 0 Å². The standard InChI is InChI=1S/C17H18N2O4/c1-11-16(12(2)23-18-11)17(21)22-10-13-8-15(20)19(9-13)14-6-4-3-5-7-14/h3-7,13H,8-10H2,1-2H3/t13-/m1/s1. The molecule has 0 unspecified atom stereocenters. The molecule has 1 aromatic heterocycles. The molecule has 2 heterocycles. The van der Waals surface area contributed by atoms with Crippen LogP contribution in [0.4, 0.5) is 5.69 Å². The van der Waals surface area contributed by atoms with E-state index in [0.717, 1.165) is 5.69 Å². The predicted molar refractivity (Wildman–Crippen MR) is 83.2 cm³/mol. The van der Waals surface area contributed by atoms with Gasteiger partial charge in [0.2, 0.25) is 5.91 Å². The second kappa shape index (κ2) is 6.24.